The van der Waals surface area contributed by atoms with Gasteiger partial charge in [-0.15, -0.1) is 0 Å². The zero-order chi connectivity index (χ0) is 21.7. The molecule has 0 aromatic heterocycles. The monoisotopic (exact) mass is 411 g/mol. The quantitative estimate of drug-likeness (QED) is 0.530. The Kier molecular flexibility index (Phi) is 6.01. The number of hydrogen-bond acceptors (Lipinski definition) is 6. The first-order valence-electron chi connectivity index (χ1n) is 9.24. The van der Waals surface area contributed by atoms with E-state index in [9.17, 15) is 19.2 Å². The molecule has 1 aliphatic heterocycles. The Morgan fingerprint density at radius 1 is 1.07 bits per heavy atom. The molecule has 1 saturated heterocycles. The molecule has 1 fully saturated rings. The van der Waals surface area contributed by atoms with Crippen LogP contribution in [0.5, 0.6) is 5.75 Å². The van der Waals surface area contributed by atoms with Crippen LogP contribution in [0.4, 0.5) is 4.79 Å². The molecule has 30 heavy (non-hydrogen) atoms. The number of rotatable bonds is 7. The normalized spacial score (nSPS) is 18.0. The molecule has 1 heterocycles. The van der Waals surface area contributed by atoms with Crippen molar-refractivity contribution in [1.29, 1.82) is 0 Å². The van der Waals surface area contributed by atoms with Gasteiger partial charge >= 0.3 is 12.0 Å². The van der Waals surface area contributed by atoms with Crippen molar-refractivity contribution in [2.75, 3.05) is 13.7 Å². The third-order valence-corrected chi connectivity index (χ3v) is 4.77. The fourth-order valence-electron chi connectivity index (χ4n) is 3.15. The number of imide groups is 1. The number of benzene rings is 2. The van der Waals surface area contributed by atoms with Crippen LogP contribution in [0, 0.1) is 0 Å². The van der Waals surface area contributed by atoms with Gasteiger partial charge in [0.2, 0.25) is 0 Å². The van der Waals surface area contributed by atoms with Gasteiger partial charge in [0.05, 0.1) is 12.7 Å². The lowest BCUT2D eigenvalue weighted by atomic mass is 9.87. The number of amides is 4. The zero-order valence-corrected chi connectivity index (χ0v) is 16.5. The molecule has 1 atom stereocenters. The standard InChI is InChI=1S/C21H21N3O6/c1-3-21(15-7-5-4-6-8-15)19(27)24(20(28)22-21)23-17(25)13-30-16-11-9-14(10-12-16)18(26)29-2/h4-12H,3,13H2,1-2H3,(H,22,28)(H,23,25)/t21-/m0/s1. The summed E-state index contributed by atoms with van der Waals surface area (Å²) in [5.41, 5.74) is 2.01. The number of hydrogen-bond donors (Lipinski definition) is 2. The number of nitrogens with one attached hydrogen (secondary N) is 2. The second kappa shape index (κ2) is 8.64. The summed E-state index contributed by atoms with van der Waals surface area (Å²) >= 11 is 0. The van der Waals surface area contributed by atoms with Crippen LogP contribution in [0.1, 0.15) is 29.3 Å². The van der Waals surface area contributed by atoms with Crippen LogP contribution in [0.25, 0.3) is 0 Å². The van der Waals surface area contributed by atoms with Gasteiger partial charge in [0.1, 0.15) is 11.3 Å². The molecule has 0 spiro atoms. The lowest BCUT2D eigenvalue weighted by molar-refractivity contribution is -0.140. The minimum Gasteiger partial charge on any atom is -0.484 e. The van der Waals surface area contributed by atoms with Crippen molar-refractivity contribution in [1.82, 2.24) is 15.8 Å². The average molecular weight is 411 g/mol. The number of esters is 1. The summed E-state index contributed by atoms with van der Waals surface area (Å²) in [5, 5.41) is 3.34. The van der Waals surface area contributed by atoms with E-state index in [2.05, 4.69) is 15.5 Å². The van der Waals surface area contributed by atoms with E-state index in [0.717, 1.165) is 0 Å². The molecule has 3 rings (SSSR count). The Morgan fingerprint density at radius 3 is 2.33 bits per heavy atom. The van der Waals surface area contributed by atoms with Crippen LogP contribution in [0.3, 0.4) is 0 Å². The largest absolute Gasteiger partial charge is 0.484 e. The number of carbonyl (C=O) groups is 4. The molecule has 1 aliphatic rings. The molecule has 2 N–H and O–H groups in total. The van der Waals surface area contributed by atoms with Gasteiger partial charge in [-0.2, -0.15) is 5.01 Å². The van der Waals surface area contributed by atoms with Gasteiger partial charge in [-0.3, -0.25) is 15.0 Å². The number of carbonyl (C=O) groups excluding carboxylic acids is 4. The van der Waals surface area contributed by atoms with E-state index < -0.39 is 36.0 Å². The molecule has 9 nitrogen and oxygen atoms in total. The third-order valence-electron chi connectivity index (χ3n) is 4.77. The van der Waals surface area contributed by atoms with Gasteiger partial charge in [-0.25, -0.2) is 9.59 Å². The van der Waals surface area contributed by atoms with Crippen molar-refractivity contribution in [3.63, 3.8) is 0 Å². The summed E-state index contributed by atoms with van der Waals surface area (Å²) in [6.07, 6.45) is 0.316. The Bertz CT molecular complexity index is 960. The Balaban J connectivity index is 1.63. The number of urea groups is 1. The Labute approximate surface area is 172 Å². The second-order valence-electron chi connectivity index (χ2n) is 6.54. The third kappa shape index (κ3) is 3.95. The SMILES string of the molecule is CC[C@@]1(c2ccccc2)NC(=O)N(NC(=O)COc2ccc(C(=O)OC)cc2)C1=O. The summed E-state index contributed by atoms with van der Waals surface area (Å²) < 4.78 is 9.95. The Hall–Kier alpha value is -3.88. The summed E-state index contributed by atoms with van der Waals surface area (Å²) in [5.74, 6) is -1.41. The van der Waals surface area contributed by atoms with Crippen LogP contribution in [-0.2, 0) is 19.9 Å². The molecule has 0 saturated carbocycles. The van der Waals surface area contributed by atoms with Crippen molar-refractivity contribution in [2.24, 2.45) is 0 Å². The van der Waals surface area contributed by atoms with Gasteiger partial charge < -0.3 is 14.8 Å². The van der Waals surface area contributed by atoms with Crippen molar-refractivity contribution in [3.8, 4) is 5.75 Å². The lowest BCUT2D eigenvalue weighted by Gasteiger charge is -2.25. The molecule has 2 aromatic rings. The minimum absolute atomic E-state index is 0.316. The maximum atomic E-state index is 13.0. The topological polar surface area (TPSA) is 114 Å². The fraction of sp³-hybridized carbons (Fsp3) is 0.238. The first-order chi connectivity index (χ1) is 14.4. The smallest absolute Gasteiger partial charge is 0.344 e. The molecule has 0 bridgehead atoms. The van der Waals surface area contributed by atoms with E-state index >= 15 is 0 Å². The molecular weight excluding hydrogens is 390 g/mol. The van der Waals surface area contributed by atoms with Crippen LogP contribution in [-0.4, -0.2) is 42.5 Å². The number of methoxy groups -OCH3 is 1. The molecule has 0 radical (unpaired) electrons. The molecule has 2 aromatic carbocycles. The lowest BCUT2D eigenvalue weighted by Crippen LogP contribution is -2.49. The van der Waals surface area contributed by atoms with Gasteiger partial charge in [-0.05, 0) is 36.2 Å². The first kappa shape index (κ1) is 20.8. The van der Waals surface area contributed by atoms with Crippen molar-refractivity contribution < 1.29 is 28.7 Å². The predicted octanol–water partition coefficient (Wildman–Crippen LogP) is 1.74. The van der Waals surface area contributed by atoms with Crippen molar-refractivity contribution >= 4 is 23.8 Å². The zero-order valence-electron chi connectivity index (χ0n) is 16.5. The number of ether oxygens (including phenoxy) is 2. The van der Waals surface area contributed by atoms with Crippen LogP contribution < -0.4 is 15.5 Å². The van der Waals surface area contributed by atoms with E-state index in [0.29, 0.717) is 28.3 Å². The second-order valence-corrected chi connectivity index (χ2v) is 6.54. The summed E-state index contributed by atoms with van der Waals surface area (Å²) in [6, 6.07) is 14.1. The molecule has 9 heteroatoms. The van der Waals surface area contributed by atoms with E-state index in [1.165, 1.54) is 31.4 Å². The van der Waals surface area contributed by atoms with Crippen molar-refractivity contribution in [2.45, 2.75) is 18.9 Å². The van der Waals surface area contributed by atoms with E-state index in [-0.39, 0.29) is 0 Å². The van der Waals surface area contributed by atoms with E-state index in [1.807, 2.05) is 6.07 Å². The highest BCUT2D eigenvalue weighted by Crippen LogP contribution is 2.31. The van der Waals surface area contributed by atoms with Gasteiger partial charge in [0.15, 0.2) is 6.61 Å². The highest BCUT2D eigenvalue weighted by molar-refractivity contribution is 6.08. The summed E-state index contributed by atoms with van der Waals surface area (Å²) in [7, 11) is 1.28. The molecular formula is C21H21N3O6. The minimum atomic E-state index is -1.24. The fourth-order valence-corrected chi connectivity index (χ4v) is 3.15. The number of hydrazine groups is 1. The van der Waals surface area contributed by atoms with Crippen LogP contribution >= 0.6 is 0 Å². The molecule has 0 aliphatic carbocycles. The molecule has 4 amide bonds. The summed E-state index contributed by atoms with van der Waals surface area (Å²) in [4.78, 5) is 49.0. The van der Waals surface area contributed by atoms with Crippen LogP contribution in [0.2, 0.25) is 0 Å². The van der Waals surface area contributed by atoms with Gasteiger partial charge in [0, 0.05) is 0 Å². The molecule has 0 unspecified atom stereocenters. The Morgan fingerprint density at radius 2 is 1.73 bits per heavy atom. The highest BCUT2D eigenvalue weighted by atomic mass is 16.5. The first-order valence-corrected chi connectivity index (χ1v) is 9.24. The number of nitrogens with zero attached hydrogens (tertiary/aromatic N) is 1. The van der Waals surface area contributed by atoms with E-state index in [1.54, 1.807) is 31.2 Å². The van der Waals surface area contributed by atoms with Crippen LogP contribution in [0.15, 0.2) is 54.6 Å². The van der Waals surface area contributed by atoms with Gasteiger partial charge in [0.25, 0.3) is 11.8 Å². The van der Waals surface area contributed by atoms with E-state index in [4.69, 9.17) is 4.74 Å². The average Bonchev–Trinajstić information content (AvgIpc) is 3.03. The maximum absolute atomic E-state index is 13.0. The summed E-state index contributed by atoms with van der Waals surface area (Å²) in [6.45, 7) is 1.34. The molecule has 156 valence electrons. The van der Waals surface area contributed by atoms with Crippen molar-refractivity contribution in [3.05, 3.63) is 65.7 Å². The maximum Gasteiger partial charge on any atom is 0.344 e. The van der Waals surface area contributed by atoms with Gasteiger partial charge in [-0.1, -0.05) is 37.3 Å². The highest BCUT2D eigenvalue weighted by Gasteiger charge is 2.52. The predicted molar refractivity (Wildman–Crippen MR) is 105 cm³/mol.